The molecule has 0 radical (unpaired) electrons. The summed E-state index contributed by atoms with van der Waals surface area (Å²) in [6, 6.07) is 37.3. The third-order valence-electron chi connectivity index (χ3n) is 6.86. The second kappa shape index (κ2) is 12.2. The molecule has 1 N–H and O–H groups in total. The number of nitrogens with zero attached hydrogens (tertiary/aromatic N) is 2. The third kappa shape index (κ3) is 5.87. The Bertz CT molecular complexity index is 1940. The van der Waals surface area contributed by atoms with Gasteiger partial charge in [0.05, 0.1) is 34.6 Å². The minimum atomic E-state index is -0.330. The van der Waals surface area contributed by atoms with Crippen LogP contribution < -0.4 is 14.9 Å². The maximum absolute atomic E-state index is 13.3. The Balaban J connectivity index is 1.19. The lowest BCUT2D eigenvalue weighted by Gasteiger charge is -2.14. The van der Waals surface area contributed by atoms with Gasteiger partial charge in [0.1, 0.15) is 6.61 Å². The first-order valence-corrected chi connectivity index (χ1v) is 14.1. The van der Waals surface area contributed by atoms with E-state index in [1.54, 1.807) is 19.4 Å². The van der Waals surface area contributed by atoms with Crippen LogP contribution in [0.2, 0.25) is 0 Å². The van der Waals surface area contributed by atoms with Gasteiger partial charge in [-0.2, -0.15) is 5.10 Å². The lowest BCUT2D eigenvalue weighted by molar-refractivity contribution is 0.0956. The summed E-state index contributed by atoms with van der Waals surface area (Å²) in [5.41, 5.74) is 7.32. The van der Waals surface area contributed by atoms with Gasteiger partial charge in [-0.1, -0.05) is 84.9 Å². The Labute approximate surface area is 251 Å². The van der Waals surface area contributed by atoms with Crippen LogP contribution in [0.15, 0.2) is 125 Å². The van der Waals surface area contributed by atoms with Gasteiger partial charge in [0.15, 0.2) is 11.5 Å². The number of aromatic nitrogens is 1. The van der Waals surface area contributed by atoms with Crippen LogP contribution in [0.1, 0.15) is 21.5 Å². The molecule has 0 atom stereocenters. The Morgan fingerprint density at radius 3 is 2.48 bits per heavy atom. The average molecular weight is 617 g/mol. The molecule has 0 aliphatic heterocycles. The number of halogens is 1. The number of benzene rings is 5. The van der Waals surface area contributed by atoms with Crippen molar-refractivity contribution in [2.75, 3.05) is 7.11 Å². The van der Waals surface area contributed by atoms with Crippen LogP contribution in [-0.2, 0) is 6.61 Å². The molecule has 7 heteroatoms. The molecule has 6 rings (SSSR count). The molecule has 6 aromatic rings. The molecular weight excluding hydrogens is 590 g/mol. The Kier molecular flexibility index (Phi) is 7.92. The number of carbonyl (C=O) groups excluding carboxylic acids is 1. The number of pyridine rings is 1. The minimum Gasteiger partial charge on any atom is -0.493 e. The van der Waals surface area contributed by atoms with Gasteiger partial charge in [-0.15, -0.1) is 0 Å². The average Bonchev–Trinajstić information content (AvgIpc) is 3.03. The molecule has 0 aliphatic carbocycles. The van der Waals surface area contributed by atoms with Crippen LogP contribution in [0.3, 0.4) is 0 Å². The molecule has 1 heterocycles. The molecule has 42 heavy (non-hydrogen) atoms. The fourth-order valence-electron chi connectivity index (χ4n) is 4.78. The number of carbonyl (C=O) groups is 1. The van der Waals surface area contributed by atoms with Crippen molar-refractivity contribution in [3.8, 4) is 22.8 Å². The van der Waals surface area contributed by atoms with Gasteiger partial charge in [-0.3, -0.25) is 4.79 Å². The summed E-state index contributed by atoms with van der Waals surface area (Å²) in [7, 11) is 1.59. The number of amides is 1. The van der Waals surface area contributed by atoms with E-state index in [9.17, 15) is 4.79 Å². The molecule has 206 valence electrons. The number of fused-ring (bicyclic) bond motifs is 2. The SMILES string of the molecule is COc1cc(/C=N/NC(=O)c2cc(-c3ccccc3)nc3ccccc23)cc(Br)c1OCc1ccc2ccccc2c1. The minimum absolute atomic E-state index is 0.330. The molecule has 0 saturated carbocycles. The van der Waals surface area contributed by atoms with E-state index < -0.39 is 0 Å². The van der Waals surface area contributed by atoms with Crippen LogP contribution in [0.25, 0.3) is 32.9 Å². The van der Waals surface area contributed by atoms with Crippen LogP contribution in [0.4, 0.5) is 0 Å². The van der Waals surface area contributed by atoms with Gasteiger partial charge >= 0.3 is 0 Å². The summed E-state index contributed by atoms with van der Waals surface area (Å²) in [6.45, 7) is 0.383. The van der Waals surface area contributed by atoms with E-state index in [1.165, 1.54) is 5.39 Å². The van der Waals surface area contributed by atoms with Gasteiger partial charge < -0.3 is 9.47 Å². The van der Waals surface area contributed by atoms with Crippen molar-refractivity contribution in [3.05, 3.63) is 136 Å². The fraction of sp³-hybridized carbons (Fsp3) is 0.0571. The molecule has 0 bridgehead atoms. The van der Waals surface area contributed by atoms with Crippen molar-refractivity contribution in [1.29, 1.82) is 0 Å². The largest absolute Gasteiger partial charge is 0.493 e. The standard InChI is InChI=1S/C35H26BrN3O3/c1-41-33-19-24(18-30(36)34(33)42-22-23-15-16-25-9-5-6-12-27(25)17-23)21-37-39-35(40)29-20-32(26-10-3-2-4-11-26)38-31-14-8-7-13-28(29)31/h2-21H,22H2,1H3,(H,39,40)/b37-21+. The highest BCUT2D eigenvalue weighted by atomic mass is 79.9. The summed E-state index contributed by atoms with van der Waals surface area (Å²) < 4.78 is 12.5. The van der Waals surface area contributed by atoms with Gasteiger partial charge in [0.25, 0.3) is 5.91 Å². The normalized spacial score (nSPS) is 11.2. The quantitative estimate of drug-likeness (QED) is 0.138. The Hall–Kier alpha value is -5.01. The highest BCUT2D eigenvalue weighted by Gasteiger charge is 2.15. The van der Waals surface area contributed by atoms with Crippen molar-refractivity contribution < 1.29 is 14.3 Å². The van der Waals surface area contributed by atoms with Crippen LogP contribution >= 0.6 is 15.9 Å². The van der Waals surface area contributed by atoms with Gasteiger partial charge in [0, 0.05) is 10.9 Å². The van der Waals surface area contributed by atoms with Gasteiger partial charge in [-0.05, 0) is 68.2 Å². The van der Waals surface area contributed by atoms with E-state index in [-0.39, 0.29) is 5.91 Å². The van der Waals surface area contributed by atoms with E-state index in [0.29, 0.717) is 28.1 Å². The van der Waals surface area contributed by atoms with Crippen molar-refractivity contribution in [3.63, 3.8) is 0 Å². The number of para-hydroxylation sites is 1. The number of ether oxygens (including phenoxy) is 2. The predicted molar refractivity (Wildman–Crippen MR) is 171 cm³/mol. The summed E-state index contributed by atoms with van der Waals surface area (Å²) in [6.07, 6.45) is 1.57. The summed E-state index contributed by atoms with van der Waals surface area (Å²) in [4.78, 5) is 18.0. The second-order valence-electron chi connectivity index (χ2n) is 9.64. The first-order chi connectivity index (χ1) is 20.6. The number of nitrogens with one attached hydrogen (secondary N) is 1. The molecule has 0 saturated heterocycles. The smallest absolute Gasteiger partial charge is 0.272 e. The van der Waals surface area contributed by atoms with Crippen molar-refractivity contribution in [2.24, 2.45) is 5.10 Å². The maximum Gasteiger partial charge on any atom is 0.272 e. The number of hydrogen-bond donors (Lipinski definition) is 1. The van der Waals surface area contributed by atoms with Crippen molar-refractivity contribution >= 4 is 49.7 Å². The van der Waals surface area contributed by atoms with Crippen LogP contribution in [0.5, 0.6) is 11.5 Å². The van der Waals surface area contributed by atoms with E-state index in [0.717, 1.165) is 38.7 Å². The zero-order valence-corrected chi connectivity index (χ0v) is 24.3. The van der Waals surface area contributed by atoms with E-state index in [4.69, 9.17) is 14.5 Å². The molecule has 0 unspecified atom stereocenters. The Morgan fingerprint density at radius 1 is 0.881 bits per heavy atom. The third-order valence-corrected chi connectivity index (χ3v) is 7.45. The second-order valence-corrected chi connectivity index (χ2v) is 10.5. The molecular formula is C35H26BrN3O3. The fourth-order valence-corrected chi connectivity index (χ4v) is 5.36. The zero-order valence-electron chi connectivity index (χ0n) is 22.8. The number of methoxy groups -OCH3 is 1. The molecule has 1 amide bonds. The van der Waals surface area contributed by atoms with Crippen molar-refractivity contribution in [1.82, 2.24) is 10.4 Å². The van der Waals surface area contributed by atoms with E-state index in [1.807, 2.05) is 78.9 Å². The number of rotatable bonds is 8. The highest BCUT2D eigenvalue weighted by molar-refractivity contribution is 9.10. The van der Waals surface area contributed by atoms with E-state index >= 15 is 0 Å². The maximum atomic E-state index is 13.3. The molecule has 1 aromatic heterocycles. The van der Waals surface area contributed by atoms with Gasteiger partial charge in [-0.25, -0.2) is 10.4 Å². The number of hydrogen-bond acceptors (Lipinski definition) is 5. The van der Waals surface area contributed by atoms with Crippen LogP contribution in [0, 0.1) is 0 Å². The Morgan fingerprint density at radius 2 is 1.64 bits per heavy atom. The molecule has 0 aliphatic rings. The van der Waals surface area contributed by atoms with Crippen molar-refractivity contribution in [2.45, 2.75) is 6.61 Å². The zero-order chi connectivity index (χ0) is 28.9. The highest BCUT2D eigenvalue weighted by Crippen LogP contribution is 2.37. The summed E-state index contributed by atoms with van der Waals surface area (Å²) in [5, 5.41) is 7.33. The predicted octanol–water partition coefficient (Wildman–Crippen LogP) is 8.17. The lowest BCUT2D eigenvalue weighted by Crippen LogP contribution is -2.18. The lowest BCUT2D eigenvalue weighted by atomic mass is 10.0. The van der Waals surface area contributed by atoms with Gasteiger partial charge in [0.2, 0.25) is 0 Å². The molecule has 0 spiro atoms. The molecule has 5 aromatic carbocycles. The van der Waals surface area contributed by atoms with E-state index in [2.05, 4.69) is 56.8 Å². The molecule has 6 nitrogen and oxygen atoms in total. The topological polar surface area (TPSA) is 72.8 Å². The molecule has 0 fully saturated rings. The summed E-state index contributed by atoms with van der Waals surface area (Å²) in [5.74, 6) is 0.803. The van der Waals surface area contributed by atoms with Crippen LogP contribution in [-0.4, -0.2) is 24.2 Å². The monoisotopic (exact) mass is 615 g/mol. The number of hydrazone groups is 1. The summed E-state index contributed by atoms with van der Waals surface area (Å²) >= 11 is 3.61. The first-order valence-electron chi connectivity index (χ1n) is 13.4. The first kappa shape index (κ1) is 27.2.